The lowest BCUT2D eigenvalue weighted by atomic mass is 10.0. The van der Waals surface area contributed by atoms with E-state index in [0.717, 1.165) is 38.2 Å². The fourth-order valence-electron chi connectivity index (χ4n) is 2.79. The lowest BCUT2D eigenvalue weighted by Gasteiger charge is -2.11. The highest BCUT2D eigenvalue weighted by Crippen LogP contribution is 2.32. The lowest BCUT2D eigenvalue weighted by molar-refractivity contribution is 1.18. The van der Waals surface area contributed by atoms with Crippen LogP contribution in [0.25, 0.3) is 33.8 Å². The summed E-state index contributed by atoms with van der Waals surface area (Å²) in [5, 5.41) is 0. The first-order chi connectivity index (χ1) is 12.3. The third-order valence-corrected chi connectivity index (χ3v) is 4.50. The molecule has 0 aliphatic carbocycles. The molecule has 0 spiro atoms. The van der Waals surface area contributed by atoms with Crippen molar-refractivity contribution in [3.63, 3.8) is 0 Å². The minimum atomic E-state index is 0.734. The van der Waals surface area contributed by atoms with E-state index in [4.69, 9.17) is 4.98 Å². The normalized spacial score (nSPS) is 10.6. The number of aromatic nitrogens is 2. The van der Waals surface area contributed by atoms with E-state index in [1.165, 1.54) is 0 Å². The Bertz CT molecular complexity index is 999. The van der Waals surface area contributed by atoms with Gasteiger partial charge in [-0.15, -0.1) is 0 Å². The van der Waals surface area contributed by atoms with Crippen LogP contribution in [0.3, 0.4) is 0 Å². The van der Waals surface area contributed by atoms with E-state index in [9.17, 15) is 0 Å². The fourth-order valence-corrected chi connectivity index (χ4v) is 3.19. The summed E-state index contributed by atoms with van der Waals surface area (Å²) >= 11 is 3.55. The van der Waals surface area contributed by atoms with Crippen molar-refractivity contribution >= 4 is 15.9 Å². The van der Waals surface area contributed by atoms with Crippen molar-refractivity contribution in [2.45, 2.75) is 0 Å². The summed E-state index contributed by atoms with van der Waals surface area (Å²) in [7, 11) is 0. The van der Waals surface area contributed by atoms with Gasteiger partial charge in [-0.25, -0.2) is 9.97 Å². The van der Waals surface area contributed by atoms with Gasteiger partial charge >= 0.3 is 0 Å². The molecule has 1 aromatic heterocycles. The maximum atomic E-state index is 4.89. The third kappa shape index (κ3) is 3.37. The van der Waals surface area contributed by atoms with Crippen molar-refractivity contribution in [2.24, 2.45) is 0 Å². The van der Waals surface area contributed by atoms with Crippen molar-refractivity contribution in [1.29, 1.82) is 0 Å². The molecule has 0 aliphatic rings. The van der Waals surface area contributed by atoms with Crippen molar-refractivity contribution in [3.8, 4) is 33.8 Å². The van der Waals surface area contributed by atoms with Crippen molar-refractivity contribution in [2.75, 3.05) is 0 Å². The van der Waals surface area contributed by atoms with Crippen molar-refractivity contribution < 1.29 is 0 Å². The van der Waals surface area contributed by atoms with Gasteiger partial charge in [0, 0.05) is 27.4 Å². The monoisotopic (exact) mass is 386 g/mol. The zero-order valence-corrected chi connectivity index (χ0v) is 15.0. The summed E-state index contributed by atoms with van der Waals surface area (Å²) in [6, 6.07) is 28.5. The van der Waals surface area contributed by atoms with Crippen molar-refractivity contribution in [1.82, 2.24) is 9.97 Å². The van der Waals surface area contributed by atoms with Crippen LogP contribution < -0.4 is 0 Å². The third-order valence-electron chi connectivity index (χ3n) is 4.00. The van der Waals surface area contributed by atoms with E-state index < -0.39 is 0 Å². The molecule has 1 heterocycles. The molecule has 0 aliphatic heterocycles. The van der Waals surface area contributed by atoms with Gasteiger partial charge in [-0.1, -0.05) is 88.7 Å². The summed E-state index contributed by atoms with van der Waals surface area (Å²) in [6.07, 6.45) is 1.92. The Morgan fingerprint density at radius 1 is 0.640 bits per heavy atom. The van der Waals surface area contributed by atoms with E-state index in [-0.39, 0.29) is 0 Å². The Balaban J connectivity index is 1.93. The van der Waals surface area contributed by atoms with Crippen LogP contribution in [-0.2, 0) is 0 Å². The van der Waals surface area contributed by atoms with E-state index in [1.807, 2.05) is 66.9 Å². The van der Waals surface area contributed by atoms with Crippen LogP contribution >= 0.6 is 15.9 Å². The minimum absolute atomic E-state index is 0.734. The van der Waals surface area contributed by atoms with Crippen LogP contribution in [0.2, 0.25) is 0 Å². The van der Waals surface area contributed by atoms with Gasteiger partial charge in [-0.2, -0.15) is 0 Å². The van der Waals surface area contributed by atoms with Gasteiger partial charge in [0.1, 0.15) is 0 Å². The predicted molar refractivity (Wildman–Crippen MR) is 106 cm³/mol. The molecule has 0 saturated heterocycles. The Morgan fingerprint density at radius 2 is 1.28 bits per heavy atom. The van der Waals surface area contributed by atoms with Gasteiger partial charge in [0.2, 0.25) is 0 Å². The molecule has 0 amide bonds. The first-order valence-electron chi connectivity index (χ1n) is 8.05. The number of hydrogen-bond donors (Lipinski definition) is 0. The summed E-state index contributed by atoms with van der Waals surface area (Å²) in [5.41, 5.74) is 5.14. The molecular weight excluding hydrogens is 372 g/mol. The summed E-state index contributed by atoms with van der Waals surface area (Å²) in [4.78, 5) is 9.51. The van der Waals surface area contributed by atoms with Gasteiger partial charge < -0.3 is 0 Å². The van der Waals surface area contributed by atoms with Crippen LogP contribution in [0.1, 0.15) is 0 Å². The van der Waals surface area contributed by atoms with Gasteiger partial charge in [-0.05, 0) is 17.7 Å². The number of nitrogens with zero attached hydrogens (tertiary/aromatic N) is 2. The molecule has 0 N–H and O–H groups in total. The average molecular weight is 387 g/mol. The average Bonchev–Trinajstić information content (AvgIpc) is 2.69. The first-order valence-corrected chi connectivity index (χ1v) is 8.84. The zero-order valence-electron chi connectivity index (χ0n) is 13.4. The van der Waals surface area contributed by atoms with Crippen LogP contribution in [0.15, 0.2) is 95.6 Å². The Kier molecular flexibility index (Phi) is 4.40. The van der Waals surface area contributed by atoms with E-state index in [2.05, 4.69) is 45.2 Å². The summed E-state index contributed by atoms with van der Waals surface area (Å²) in [5.74, 6) is 0.734. The molecule has 0 unspecified atom stereocenters. The van der Waals surface area contributed by atoms with Crippen LogP contribution in [0, 0.1) is 0 Å². The number of benzene rings is 3. The van der Waals surface area contributed by atoms with Gasteiger partial charge in [0.25, 0.3) is 0 Å². The molecule has 4 aromatic rings. The quantitative estimate of drug-likeness (QED) is 0.416. The summed E-state index contributed by atoms with van der Waals surface area (Å²) < 4.78 is 1.04. The molecule has 0 atom stereocenters. The highest BCUT2D eigenvalue weighted by atomic mass is 79.9. The second-order valence-electron chi connectivity index (χ2n) is 5.70. The van der Waals surface area contributed by atoms with Crippen LogP contribution in [0.5, 0.6) is 0 Å². The molecule has 25 heavy (non-hydrogen) atoms. The number of halogens is 1. The minimum Gasteiger partial charge on any atom is -0.236 e. The second kappa shape index (κ2) is 6.99. The first kappa shape index (κ1) is 15.7. The Labute approximate surface area is 155 Å². The SMILES string of the molecule is Brc1cccc(-c2cnc(-c3ccccc3)nc2-c2ccccc2)c1. The molecule has 0 saturated carbocycles. The van der Waals surface area contributed by atoms with Crippen molar-refractivity contribution in [3.05, 3.63) is 95.6 Å². The molecular formula is C22H15BrN2. The lowest BCUT2D eigenvalue weighted by Crippen LogP contribution is -1.96. The standard InChI is InChI=1S/C22H15BrN2/c23-19-13-7-12-18(14-19)20-15-24-22(17-10-5-2-6-11-17)25-21(20)16-8-3-1-4-9-16/h1-15H. The van der Waals surface area contributed by atoms with E-state index in [0.29, 0.717) is 0 Å². The second-order valence-corrected chi connectivity index (χ2v) is 6.61. The highest BCUT2D eigenvalue weighted by Gasteiger charge is 2.12. The maximum Gasteiger partial charge on any atom is 0.159 e. The number of hydrogen-bond acceptors (Lipinski definition) is 2. The molecule has 2 nitrogen and oxygen atoms in total. The van der Waals surface area contributed by atoms with E-state index >= 15 is 0 Å². The Hall–Kier alpha value is -2.78. The molecule has 3 heteroatoms. The Morgan fingerprint density at radius 3 is 1.96 bits per heavy atom. The molecule has 4 rings (SSSR count). The number of rotatable bonds is 3. The maximum absolute atomic E-state index is 4.89. The largest absolute Gasteiger partial charge is 0.236 e. The van der Waals surface area contributed by atoms with E-state index in [1.54, 1.807) is 0 Å². The zero-order chi connectivity index (χ0) is 17.1. The molecule has 0 bridgehead atoms. The van der Waals surface area contributed by atoms with Gasteiger partial charge in [0.05, 0.1) is 5.69 Å². The van der Waals surface area contributed by atoms with Crippen LogP contribution in [-0.4, -0.2) is 9.97 Å². The smallest absolute Gasteiger partial charge is 0.159 e. The van der Waals surface area contributed by atoms with Crippen LogP contribution in [0.4, 0.5) is 0 Å². The molecule has 0 fully saturated rings. The summed E-state index contributed by atoms with van der Waals surface area (Å²) in [6.45, 7) is 0. The molecule has 0 radical (unpaired) electrons. The van der Waals surface area contributed by atoms with Gasteiger partial charge in [0.15, 0.2) is 5.82 Å². The molecule has 120 valence electrons. The topological polar surface area (TPSA) is 25.8 Å². The molecule has 3 aromatic carbocycles. The predicted octanol–water partition coefficient (Wildman–Crippen LogP) is 6.24. The highest BCUT2D eigenvalue weighted by molar-refractivity contribution is 9.10. The fraction of sp³-hybridized carbons (Fsp3) is 0. The van der Waals surface area contributed by atoms with Gasteiger partial charge in [-0.3, -0.25) is 0 Å².